The van der Waals surface area contributed by atoms with Crippen LogP contribution in [0.1, 0.15) is 5.82 Å². The van der Waals surface area contributed by atoms with Crippen molar-refractivity contribution in [2.45, 2.75) is 6.54 Å². The highest BCUT2D eigenvalue weighted by atomic mass is 16.5. The number of nitrogens with one attached hydrogen (secondary N) is 2. The summed E-state index contributed by atoms with van der Waals surface area (Å²) in [6, 6.07) is 7.16. The van der Waals surface area contributed by atoms with Gasteiger partial charge < -0.3 is 20.8 Å². The molecule has 20 heavy (non-hydrogen) atoms. The van der Waals surface area contributed by atoms with Crippen LogP contribution >= 0.6 is 0 Å². The van der Waals surface area contributed by atoms with Crippen molar-refractivity contribution in [2.75, 3.05) is 19.8 Å². The standard InChI is InChI=1S/C13H16N4O3/c14-11(18)8-20-6-5-15-7-12-16-10-4-2-1-3-9(10)13(19)17-12/h1-4,15H,5-8H2,(H2,14,18)(H,16,17,19). The summed E-state index contributed by atoms with van der Waals surface area (Å²) in [5.41, 5.74) is 5.44. The molecule has 4 N–H and O–H groups in total. The first-order valence-electron chi connectivity index (χ1n) is 6.21. The molecule has 7 heteroatoms. The lowest BCUT2D eigenvalue weighted by Crippen LogP contribution is -2.25. The summed E-state index contributed by atoms with van der Waals surface area (Å²) in [5, 5.41) is 3.63. The maximum Gasteiger partial charge on any atom is 0.258 e. The van der Waals surface area contributed by atoms with Gasteiger partial charge in [-0.1, -0.05) is 12.1 Å². The van der Waals surface area contributed by atoms with E-state index in [2.05, 4.69) is 15.3 Å². The van der Waals surface area contributed by atoms with Gasteiger partial charge in [0.15, 0.2) is 0 Å². The van der Waals surface area contributed by atoms with Crippen LogP contribution in [0.5, 0.6) is 0 Å². The number of fused-ring (bicyclic) bond motifs is 1. The highest BCUT2D eigenvalue weighted by Gasteiger charge is 2.02. The van der Waals surface area contributed by atoms with Gasteiger partial charge in [-0.05, 0) is 12.1 Å². The van der Waals surface area contributed by atoms with Crippen LogP contribution in [0.25, 0.3) is 10.9 Å². The smallest absolute Gasteiger partial charge is 0.258 e. The predicted molar refractivity (Wildman–Crippen MR) is 74.1 cm³/mol. The van der Waals surface area contributed by atoms with Crippen LogP contribution in [-0.4, -0.2) is 35.6 Å². The Morgan fingerprint density at radius 3 is 3.00 bits per heavy atom. The molecule has 0 fully saturated rings. The molecule has 0 saturated heterocycles. The number of aromatic nitrogens is 2. The first kappa shape index (κ1) is 14.2. The summed E-state index contributed by atoms with van der Waals surface area (Å²) in [5.74, 6) is 0.0640. The number of benzene rings is 1. The minimum atomic E-state index is -0.495. The molecule has 0 atom stereocenters. The van der Waals surface area contributed by atoms with E-state index in [0.717, 1.165) is 0 Å². The van der Waals surface area contributed by atoms with E-state index in [4.69, 9.17) is 10.5 Å². The second kappa shape index (κ2) is 6.78. The average molecular weight is 276 g/mol. The molecule has 0 spiro atoms. The minimum absolute atomic E-state index is 0.0905. The molecular weight excluding hydrogens is 260 g/mol. The molecule has 1 aromatic carbocycles. The summed E-state index contributed by atoms with van der Waals surface area (Å²) < 4.78 is 5.00. The van der Waals surface area contributed by atoms with Gasteiger partial charge in [-0.3, -0.25) is 9.59 Å². The molecule has 0 bridgehead atoms. The molecule has 0 aliphatic heterocycles. The van der Waals surface area contributed by atoms with E-state index in [1.54, 1.807) is 18.2 Å². The Labute approximate surface area is 115 Å². The lowest BCUT2D eigenvalue weighted by atomic mass is 10.2. The lowest BCUT2D eigenvalue weighted by molar-refractivity contribution is -0.122. The number of hydrogen-bond donors (Lipinski definition) is 3. The monoisotopic (exact) mass is 276 g/mol. The second-order valence-corrected chi connectivity index (χ2v) is 4.23. The van der Waals surface area contributed by atoms with E-state index >= 15 is 0 Å². The molecule has 106 valence electrons. The fraction of sp³-hybridized carbons (Fsp3) is 0.308. The zero-order valence-electron chi connectivity index (χ0n) is 10.9. The highest BCUT2D eigenvalue weighted by Crippen LogP contribution is 2.05. The number of rotatable bonds is 7. The van der Waals surface area contributed by atoms with Gasteiger partial charge in [0.05, 0.1) is 24.1 Å². The van der Waals surface area contributed by atoms with E-state index < -0.39 is 5.91 Å². The van der Waals surface area contributed by atoms with E-state index in [9.17, 15) is 9.59 Å². The van der Waals surface area contributed by atoms with Gasteiger partial charge in [0.2, 0.25) is 5.91 Å². The normalized spacial score (nSPS) is 10.8. The predicted octanol–water partition coefficient (Wildman–Crippen LogP) is -0.485. The Morgan fingerprint density at radius 2 is 2.20 bits per heavy atom. The first-order chi connectivity index (χ1) is 9.66. The van der Waals surface area contributed by atoms with Crippen molar-refractivity contribution >= 4 is 16.8 Å². The number of carbonyl (C=O) groups is 1. The molecule has 7 nitrogen and oxygen atoms in total. The number of H-pyrrole nitrogens is 1. The van der Waals surface area contributed by atoms with Crippen molar-refractivity contribution in [1.29, 1.82) is 0 Å². The van der Waals surface area contributed by atoms with E-state index in [1.165, 1.54) is 0 Å². The number of amides is 1. The topological polar surface area (TPSA) is 110 Å². The molecule has 1 aromatic heterocycles. The zero-order chi connectivity index (χ0) is 14.4. The fourth-order valence-corrected chi connectivity index (χ4v) is 1.74. The largest absolute Gasteiger partial charge is 0.370 e. The molecule has 0 aliphatic rings. The molecule has 2 rings (SSSR count). The Balaban J connectivity index is 1.87. The third kappa shape index (κ3) is 3.87. The number of para-hydroxylation sites is 1. The van der Waals surface area contributed by atoms with E-state index in [-0.39, 0.29) is 12.2 Å². The van der Waals surface area contributed by atoms with Gasteiger partial charge in [0.25, 0.3) is 5.56 Å². The van der Waals surface area contributed by atoms with Crippen LogP contribution in [0, 0.1) is 0 Å². The molecule has 1 amide bonds. The molecule has 0 aliphatic carbocycles. The Morgan fingerprint density at radius 1 is 1.40 bits per heavy atom. The molecule has 0 saturated carbocycles. The molecule has 0 radical (unpaired) electrons. The van der Waals surface area contributed by atoms with Crippen molar-refractivity contribution in [3.63, 3.8) is 0 Å². The van der Waals surface area contributed by atoms with Crippen LogP contribution in [0.4, 0.5) is 0 Å². The number of aromatic amines is 1. The van der Waals surface area contributed by atoms with Crippen molar-refractivity contribution in [2.24, 2.45) is 5.73 Å². The number of primary amides is 1. The van der Waals surface area contributed by atoms with Crippen molar-refractivity contribution < 1.29 is 9.53 Å². The van der Waals surface area contributed by atoms with Gasteiger partial charge in [0.1, 0.15) is 12.4 Å². The molecular formula is C13H16N4O3. The second-order valence-electron chi connectivity index (χ2n) is 4.23. The van der Waals surface area contributed by atoms with E-state index in [1.807, 2.05) is 6.07 Å². The highest BCUT2D eigenvalue weighted by molar-refractivity contribution is 5.77. The lowest BCUT2D eigenvalue weighted by Gasteiger charge is -2.05. The molecule has 1 heterocycles. The van der Waals surface area contributed by atoms with Crippen LogP contribution in [0.15, 0.2) is 29.1 Å². The number of ether oxygens (including phenoxy) is 1. The minimum Gasteiger partial charge on any atom is -0.370 e. The van der Waals surface area contributed by atoms with E-state index in [0.29, 0.717) is 36.4 Å². The summed E-state index contributed by atoms with van der Waals surface area (Å²) in [4.78, 5) is 29.3. The summed E-state index contributed by atoms with van der Waals surface area (Å²) in [6.07, 6.45) is 0. The fourth-order valence-electron chi connectivity index (χ4n) is 1.74. The van der Waals surface area contributed by atoms with Gasteiger partial charge in [0, 0.05) is 6.54 Å². The molecule has 2 aromatic rings. The molecule has 0 unspecified atom stereocenters. The van der Waals surface area contributed by atoms with Crippen molar-refractivity contribution in [3.8, 4) is 0 Å². The van der Waals surface area contributed by atoms with Gasteiger partial charge in [-0.15, -0.1) is 0 Å². The first-order valence-corrected chi connectivity index (χ1v) is 6.21. The number of hydrogen-bond acceptors (Lipinski definition) is 5. The van der Waals surface area contributed by atoms with Crippen LogP contribution in [0.2, 0.25) is 0 Å². The third-order valence-corrected chi connectivity index (χ3v) is 2.62. The van der Waals surface area contributed by atoms with Gasteiger partial charge >= 0.3 is 0 Å². The summed E-state index contributed by atoms with van der Waals surface area (Å²) in [6.45, 7) is 1.22. The number of carbonyl (C=O) groups excluding carboxylic acids is 1. The van der Waals surface area contributed by atoms with Crippen LogP contribution < -0.4 is 16.6 Å². The summed E-state index contributed by atoms with van der Waals surface area (Å²) >= 11 is 0. The van der Waals surface area contributed by atoms with Crippen molar-refractivity contribution in [3.05, 3.63) is 40.4 Å². The van der Waals surface area contributed by atoms with Crippen LogP contribution in [0.3, 0.4) is 0 Å². The SMILES string of the molecule is NC(=O)COCCNCc1nc2ccccc2c(=O)[nH]1. The maximum atomic E-state index is 11.8. The Hall–Kier alpha value is -2.25. The zero-order valence-corrected chi connectivity index (χ0v) is 10.9. The number of nitrogens with zero attached hydrogens (tertiary/aromatic N) is 1. The Kier molecular flexibility index (Phi) is 4.80. The average Bonchev–Trinajstić information content (AvgIpc) is 2.42. The third-order valence-electron chi connectivity index (χ3n) is 2.62. The van der Waals surface area contributed by atoms with Gasteiger partial charge in [-0.25, -0.2) is 4.98 Å². The van der Waals surface area contributed by atoms with Gasteiger partial charge in [-0.2, -0.15) is 0 Å². The maximum absolute atomic E-state index is 11.8. The van der Waals surface area contributed by atoms with Crippen molar-refractivity contribution in [1.82, 2.24) is 15.3 Å². The summed E-state index contributed by atoms with van der Waals surface area (Å²) in [7, 11) is 0. The van der Waals surface area contributed by atoms with Crippen LogP contribution in [-0.2, 0) is 16.1 Å². The Bertz CT molecular complexity index is 653. The number of nitrogens with two attached hydrogens (primary N) is 1. The quantitative estimate of drug-likeness (QED) is 0.591.